The van der Waals surface area contributed by atoms with Gasteiger partial charge in [0.25, 0.3) is 5.69 Å². The van der Waals surface area contributed by atoms with Crippen LogP contribution in [-0.4, -0.2) is 54.1 Å². The lowest BCUT2D eigenvalue weighted by atomic mass is 10.0. The molecule has 1 aliphatic heterocycles. The molecule has 0 amide bonds. The molecule has 1 fully saturated rings. The summed E-state index contributed by atoms with van der Waals surface area (Å²) in [6.07, 6.45) is 5.19. The molecule has 7 nitrogen and oxygen atoms in total. The number of benzene rings is 2. The minimum Gasteiger partial charge on any atom is -0.369 e. The lowest BCUT2D eigenvalue weighted by molar-refractivity contribution is -0.384. The first kappa shape index (κ1) is 23.1. The van der Waals surface area contributed by atoms with Crippen molar-refractivity contribution in [3.63, 3.8) is 0 Å². The molecule has 0 aliphatic carbocycles. The summed E-state index contributed by atoms with van der Waals surface area (Å²) in [5, 5.41) is 12.1. The number of rotatable bonds is 8. The standard InChI is InChI=1S/C23H29N5O2.ClH/c24-10-9-19-17-25-23-8-3-18(16-22(19)23)2-1-11-26-12-14-27(15-13-26)20-4-6-21(7-5-20)28(29)30;/h3-8,16-17,25H,1-2,9-15,24H2;1H. The molecule has 1 aromatic heterocycles. The van der Waals surface area contributed by atoms with Gasteiger partial charge in [-0.25, -0.2) is 0 Å². The number of anilines is 1. The van der Waals surface area contributed by atoms with Gasteiger partial charge in [-0.1, -0.05) is 6.07 Å². The molecule has 1 aliphatic rings. The Bertz CT molecular complexity index is 997. The summed E-state index contributed by atoms with van der Waals surface area (Å²) in [7, 11) is 0. The van der Waals surface area contributed by atoms with Crippen molar-refractivity contribution in [1.82, 2.24) is 9.88 Å². The van der Waals surface area contributed by atoms with Crippen LogP contribution in [0.15, 0.2) is 48.7 Å². The van der Waals surface area contributed by atoms with Crippen LogP contribution in [0.1, 0.15) is 17.5 Å². The molecule has 0 unspecified atom stereocenters. The number of hydrogen-bond donors (Lipinski definition) is 2. The van der Waals surface area contributed by atoms with Gasteiger partial charge >= 0.3 is 0 Å². The maximum atomic E-state index is 10.8. The van der Waals surface area contributed by atoms with E-state index in [1.807, 2.05) is 12.1 Å². The second kappa shape index (κ2) is 10.6. The van der Waals surface area contributed by atoms with Crippen molar-refractivity contribution in [2.75, 3.05) is 44.2 Å². The Morgan fingerprint density at radius 3 is 2.45 bits per heavy atom. The first-order valence-corrected chi connectivity index (χ1v) is 10.6. The fraction of sp³-hybridized carbons (Fsp3) is 0.391. The number of aromatic nitrogens is 1. The van der Waals surface area contributed by atoms with E-state index in [1.165, 1.54) is 22.0 Å². The van der Waals surface area contributed by atoms with Gasteiger partial charge in [0.15, 0.2) is 0 Å². The largest absolute Gasteiger partial charge is 0.369 e. The highest BCUT2D eigenvalue weighted by molar-refractivity contribution is 5.85. The van der Waals surface area contributed by atoms with Crippen molar-refractivity contribution in [3.8, 4) is 0 Å². The molecule has 8 heteroatoms. The number of halogens is 1. The van der Waals surface area contributed by atoms with Crippen LogP contribution in [0.4, 0.5) is 11.4 Å². The van der Waals surface area contributed by atoms with Gasteiger partial charge in [-0.15, -0.1) is 12.4 Å². The molecule has 2 heterocycles. The highest BCUT2D eigenvalue weighted by Gasteiger charge is 2.17. The minimum atomic E-state index is -0.353. The Kier molecular flexibility index (Phi) is 7.90. The van der Waals surface area contributed by atoms with Crippen LogP contribution in [0.25, 0.3) is 10.9 Å². The fourth-order valence-corrected chi connectivity index (χ4v) is 4.27. The number of piperazine rings is 1. The molecule has 3 N–H and O–H groups in total. The first-order valence-electron chi connectivity index (χ1n) is 10.6. The van der Waals surface area contributed by atoms with Crippen molar-refractivity contribution in [3.05, 3.63) is 69.9 Å². The van der Waals surface area contributed by atoms with Crippen LogP contribution in [0.5, 0.6) is 0 Å². The van der Waals surface area contributed by atoms with Crippen LogP contribution in [0.2, 0.25) is 0 Å². The second-order valence-corrected chi connectivity index (χ2v) is 7.94. The fourth-order valence-electron chi connectivity index (χ4n) is 4.27. The van der Waals surface area contributed by atoms with E-state index in [0.29, 0.717) is 6.54 Å². The zero-order valence-electron chi connectivity index (χ0n) is 17.6. The summed E-state index contributed by atoms with van der Waals surface area (Å²) in [5.74, 6) is 0. The Balaban J connectivity index is 0.00000272. The number of H-pyrrole nitrogens is 1. The maximum absolute atomic E-state index is 10.8. The smallest absolute Gasteiger partial charge is 0.269 e. The molecule has 2 aromatic carbocycles. The monoisotopic (exact) mass is 443 g/mol. The number of hydrogen-bond acceptors (Lipinski definition) is 5. The van der Waals surface area contributed by atoms with Crippen LogP contribution >= 0.6 is 12.4 Å². The van der Waals surface area contributed by atoms with Crippen molar-refractivity contribution >= 4 is 34.7 Å². The highest BCUT2D eigenvalue weighted by Crippen LogP contribution is 2.22. The van der Waals surface area contributed by atoms with Crippen LogP contribution in [-0.2, 0) is 12.8 Å². The van der Waals surface area contributed by atoms with Gasteiger partial charge in [-0.3, -0.25) is 15.0 Å². The Morgan fingerprint density at radius 2 is 1.77 bits per heavy atom. The van der Waals surface area contributed by atoms with Crippen molar-refractivity contribution in [2.24, 2.45) is 5.73 Å². The first-order chi connectivity index (χ1) is 14.6. The van der Waals surface area contributed by atoms with Crippen molar-refractivity contribution in [2.45, 2.75) is 19.3 Å². The maximum Gasteiger partial charge on any atom is 0.269 e. The topological polar surface area (TPSA) is 91.4 Å². The number of nitro benzene ring substituents is 1. The van der Waals surface area contributed by atoms with Gasteiger partial charge in [-0.2, -0.15) is 0 Å². The van der Waals surface area contributed by atoms with E-state index in [-0.39, 0.29) is 23.0 Å². The van der Waals surface area contributed by atoms with Gasteiger partial charge in [0, 0.05) is 61.1 Å². The summed E-state index contributed by atoms with van der Waals surface area (Å²) < 4.78 is 0. The van der Waals surface area contributed by atoms with Gasteiger partial charge in [-0.05, 0) is 67.7 Å². The number of nitrogens with two attached hydrogens (primary N) is 1. The van der Waals surface area contributed by atoms with Crippen molar-refractivity contribution < 1.29 is 4.92 Å². The Morgan fingerprint density at radius 1 is 1.03 bits per heavy atom. The number of nitro groups is 1. The number of nitrogens with one attached hydrogen (secondary N) is 1. The number of aromatic amines is 1. The molecular weight excluding hydrogens is 414 g/mol. The zero-order valence-corrected chi connectivity index (χ0v) is 18.4. The van der Waals surface area contributed by atoms with Crippen molar-refractivity contribution in [1.29, 1.82) is 0 Å². The molecular formula is C23H30ClN5O2. The van der Waals surface area contributed by atoms with E-state index in [2.05, 4.69) is 39.2 Å². The third-order valence-corrected chi connectivity index (χ3v) is 5.98. The SMILES string of the molecule is Cl.NCCc1c[nH]c2ccc(CCCN3CCN(c4ccc([N+](=O)[O-])cc4)CC3)cc12. The molecule has 3 aromatic rings. The zero-order chi connectivity index (χ0) is 20.9. The summed E-state index contributed by atoms with van der Waals surface area (Å²) in [5.41, 5.74) is 10.8. The number of fused-ring (bicyclic) bond motifs is 1. The Labute approximate surface area is 188 Å². The molecule has 0 saturated carbocycles. The van der Waals surface area contributed by atoms with E-state index < -0.39 is 0 Å². The van der Waals surface area contributed by atoms with Crippen LogP contribution in [0.3, 0.4) is 0 Å². The summed E-state index contributed by atoms with van der Waals surface area (Å²) in [4.78, 5) is 18.6. The van der Waals surface area contributed by atoms with E-state index >= 15 is 0 Å². The van der Waals surface area contributed by atoms with Gasteiger partial charge in [0.05, 0.1) is 4.92 Å². The minimum absolute atomic E-state index is 0. The van der Waals surface area contributed by atoms with E-state index in [1.54, 1.807) is 12.1 Å². The molecule has 0 atom stereocenters. The molecule has 0 spiro atoms. The molecule has 1 saturated heterocycles. The third-order valence-electron chi connectivity index (χ3n) is 5.98. The lowest BCUT2D eigenvalue weighted by Gasteiger charge is -2.36. The van der Waals surface area contributed by atoms with Crippen LogP contribution < -0.4 is 10.6 Å². The summed E-state index contributed by atoms with van der Waals surface area (Å²) in [6, 6.07) is 13.6. The molecule has 0 radical (unpaired) electrons. The molecule has 4 rings (SSSR count). The van der Waals surface area contributed by atoms with E-state index in [9.17, 15) is 10.1 Å². The molecule has 166 valence electrons. The third kappa shape index (κ3) is 5.55. The predicted octanol–water partition coefficient (Wildman–Crippen LogP) is 3.75. The number of aryl methyl sites for hydroxylation is 1. The normalized spacial score (nSPS) is 14.5. The molecule has 31 heavy (non-hydrogen) atoms. The number of non-ortho nitro benzene ring substituents is 1. The average molecular weight is 444 g/mol. The number of nitrogens with zero attached hydrogens (tertiary/aromatic N) is 3. The predicted molar refractivity (Wildman–Crippen MR) is 128 cm³/mol. The summed E-state index contributed by atoms with van der Waals surface area (Å²) in [6.45, 7) is 5.71. The highest BCUT2D eigenvalue weighted by atomic mass is 35.5. The lowest BCUT2D eigenvalue weighted by Crippen LogP contribution is -2.46. The van der Waals surface area contributed by atoms with Gasteiger partial charge in [0.2, 0.25) is 0 Å². The van der Waals surface area contributed by atoms with Crippen LogP contribution in [0, 0.1) is 10.1 Å². The molecule has 0 bridgehead atoms. The second-order valence-electron chi connectivity index (χ2n) is 7.94. The average Bonchev–Trinajstić information content (AvgIpc) is 3.17. The van der Waals surface area contributed by atoms with Gasteiger partial charge < -0.3 is 15.6 Å². The van der Waals surface area contributed by atoms with E-state index in [4.69, 9.17) is 5.73 Å². The summed E-state index contributed by atoms with van der Waals surface area (Å²) >= 11 is 0. The van der Waals surface area contributed by atoms with E-state index in [0.717, 1.165) is 57.7 Å². The Hall–Kier alpha value is -2.61. The van der Waals surface area contributed by atoms with Gasteiger partial charge in [0.1, 0.15) is 0 Å². The quantitative estimate of drug-likeness (QED) is 0.408.